The topological polar surface area (TPSA) is 93.6 Å². The van der Waals surface area contributed by atoms with Gasteiger partial charge in [-0.25, -0.2) is 9.97 Å². The van der Waals surface area contributed by atoms with Crippen molar-refractivity contribution in [3.8, 4) is 0 Å². The molecule has 3 heterocycles. The minimum Gasteiger partial charge on any atom is -0.395 e. The fraction of sp³-hybridized carbons (Fsp3) is 0.688. The Morgan fingerprint density at radius 2 is 2.21 bits per heavy atom. The molecule has 24 heavy (non-hydrogen) atoms. The summed E-state index contributed by atoms with van der Waals surface area (Å²) in [4.78, 5) is 25.4. The molecule has 8 heteroatoms. The van der Waals surface area contributed by atoms with Crippen LogP contribution in [0.15, 0.2) is 6.33 Å². The third-order valence-electron chi connectivity index (χ3n) is 4.70. The first-order valence-corrected chi connectivity index (χ1v) is 8.60. The first kappa shape index (κ1) is 16.9. The maximum atomic E-state index is 12.8. The molecular formula is C16H26N6O2. The Labute approximate surface area is 142 Å². The van der Waals surface area contributed by atoms with Crippen LogP contribution < -0.4 is 15.5 Å². The summed E-state index contributed by atoms with van der Waals surface area (Å²) >= 11 is 0. The molecule has 0 aliphatic carbocycles. The molecule has 1 atom stereocenters. The number of fused-ring (bicyclic) bond motifs is 1. The number of aliphatic hydroxyl groups is 1. The van der Waals surface area contributed by atoms with E-state index < -0.39 is 0 Å². The first-order valence-electron chi connectivity index (χ1n) is 8.60. The second-order valence-electron chi connectivity index (χ2n) is 6.39. The number of nitrogens with one attached hydrogen (secondary N) is 2. The molecule has 1 amide bonds. The van der Waals surface area contributed by atoms with Crippen molar-refractivity contribution in [3.63, 3.8) is 0 Å². The van der Waals surface area contributed by atoms with Crippen LogP contribution in [0, 0.1) is 0 Å². The van der Waals surface area contributed by atoms with E-state index in [0.29, 0.717) is 25.5 Å². The first-order chi connectivity index (χ1) is 11.7. The lowest BCUT2D eigenvalue weighted by Gasteiger charge is -2.30. The lowest BCUT2D eigenvalue weighted by molar-refractivity contribution is -0.132. The van der Waals surface area contributed by atoms with Gasteiger partial charge in [-0.3, -0.25) is 4.79 Å². The van der Waals surface area contributed by atoms with Gasteiger partial charge in [0.2, 0.25) is 5.91 Å². The molecule has 1 aromatic heterocycles. The van der Waals surface area contributed by atoms with Gasteiger partial charge in [0.15, 0.2) is 0 Å². The van der Waals surface area contributed by atoms with Crippen molar-refractivity contribution in [2.45, 2.75) is 31.8 Å². The molecule has 0 saturated carbocycles. The molecule has 3 N–H and O–H groups in total. The highest BCUT2D eigenvalue weighted by Gasteiger charge is 2.31. The second-order valence-corrected chi connectivity index (χ2v) is 6.39. The van der Waals surface area contributed by atoms with Crippen molar-refractivity contribution in [2.75, 3.05) is 50.1 Å². The van der Waals surface area contributed by atoms with Gasteiger partial charge in [-0.1, -0.05) is 0 Å². The molecule has 0 spiro atoms. The Morgan fingerprint density at radius 3 is 3.04 bits per heavy atom. The molecule has 3 rings (SSSR count). The van der Waals surface area contributed by atoms with Gasteiger partial charge >= 0.3 is 0 Å². The maximum Gasteiger partial charge on any atom is 0.242 e. The van der Waals surface area contributed by atoms with Crippen LogP contribution in [0.1, 0.15) is 24.8 Å². The summed E-state index contributed by atoms with van der Waals surface area (Å²) in [7, 11) is 1.89. The van der Waals surface area contributed by atoms with Crippen molar-refractivity contribution in [3.05, 3.63) is 11.9 Å². The summed E-state index contributed by atoms with van der Waals surface area (Å²) in [5.41, 5.74) is 0.927. The van der Waals surface area contributed by atoms with Gasteiger partial charge in [0.1, 0.15) is 18.0 Å². The third kappa shape index (κ3) is 3.59. The molecule has 0 radical (unpaired) electrons. The van der Waals surface area contributed by atoms with E-state index in [0.717, 1.165) is 43.7 Å². The molecule has 2 aliphatic heterocycles. The number of rotatable bonds is 4. The van der Waals surface area contributed by atoms with E-state index >= 15 is 0 Å². The average Bonchev–Trinajstić information content (AvgIpc) is 2.92. The number of nitrogens with zero attached hydrogens (tertiary/aromatic N) is 4. The highest BCUT2D eigenvalue weighted by Crippen LogP contribution is 2.29. The van der Waals surface area contributed by atoms with Crippen LogP contribution in [0.2, 0.25) is 0 Å². The van der Waals surface area contributed by atoms with E-state index in [2.05, 4.69) is 20.6 Å². The van der Waals surface area contributed by atoms with Crippen molar-refractivity contribution in [2.24, 2.45) is 0 Å². The number of aromatic nitrogens is 2. The van der Waals surface area contributed by atoms with Crippen LogP contribution in [-0.4, -0.2) is 71.8 Å². The van der Waals surface area contributed by atoms with Crippen LogP contribution in [0.3, 0.4) is 0 Å². The van der Waals surface area contributed by atoms with Gasteiger partial charge in [0.25, 0.3) is 0 Å². The van der Waals surface area contributed by atoms with Crippen LogP contribution in [-0.2, 0) is 11.3 Å². The number of amides is 1. The quantitative estimate of drug-likeness (QED) is 0.702. The van der Waals surface area contributed by atoms with E-state index in [-0.39, 0.29) is 18.6 Å². The molecular weight excluding hydrogens is 308 g/mol. The highest BCUT2D eigenvalue weighted by molar-refractivity contribution is 5.83. The number of likely N-dealkylation sites (N-methyl/N-ethyl adjacent to an activating group) is 1. The lowest BCUT2D eigenvalue weighted by atomic mass is 10.1. The Bertz CT molecular complexity index is 574. The van der Waals surface area contributed by atoms with Crippen molar-refractivity contribution >= 4 is 17.5 Å². The molecule has 1 unspecified atom stereocenters. The number of anilines is 2. The molecule has 132 valence electrons. The Balaban J connectivity index is 1.90. The zero-order valence-corrected chi connectivity index (χ0v) is 14.2. The Kier molecular flexibility index (Phi) is 5.47. The molecule has 0 aromatic carbocycles. The van der Waals surface area contributed by atoms with Crippen LogP contribution in [0.25, 0.3) is 0 Å². The van der Waals surface area contributed by atoms with E-state index in [9.17, 15) is 4.79 Å². The van der Waals surface area contributed by atoms with Crippen LogP contribution in [0.4, 0.5) is 11.6 Å². The Morgan fingerprint density at radius 1 is 1.33 bits per heavy atom. The summed E-state index contributed by atoms with van der Waals surface area (Å²) in [5, 5.41) is 15.6. The number of aliphatic hydroxyl groups excluding tert-OH is 1. The van der Waals surface area contributed by atoms with E-state index in [1.807, 2.05) is 16.8 Å². The SMILES string of the molecule is CN1CC(=O)N(C2CCCNCC2)Cc2c(NCCO)ncnc21. The lowest BCUT2D eigenvalue weighted by Crippen LogP contribution is -2.43. The van der Waals surface area contributed by atoms with Gasteiger partial charge in [-0.15, -0.1) is 0 Å². The van der Waals surface area contributed by atoms with Crippen molar-refractivity contribution in [1.82, 2.24) is 20.2 Å². The van der Waals surface area contributed by atoms with Gasteiger partial charge in [0, 0.05) is 19.6 Å². The molecule has 0 bridgehead atoms. The monoisotopic (exact) mass is 334 g/mol. The largest absolute Gasteiger partial charge is 0.395 e. The summed E-state index contributed by atoms with van der Waals surface area (Å²) < 4.78 is 0. The zero-order chi connectivity index (χ0) is 16.9. The van der Waals surface area contributed by atoms with Crippen LogP contribution in [0.5, 0.6) is 0 Å². The fourth-order valence-corrected chi connectivity index (χ4v) is 3.48. The van der Waals surface area contributed by atoms with Crippen molar-refractivity contribution < 1.29 is 9.90 Å². The maximum absolute atomic E-state index is 12.8. The van der Waals surface area contributed by atoms with Gasteiger partial charge in [-0.2, -0.15) is 0 Å². The predicted octanol–water partition coefficient (Wildman–Crippen LogP) is -0.199. The number of carbonyl (C=O) groups excluding carboxylic acids is 1. The summed E-state index contributed by atoms with van der Waals surface area (Å²) in [6.07, 6.45) is 4.57. The predicted molar refractivity (Wildman–Crippen MR) is 91.9 cm³/mol. The minimum absolute atomic E-state index is 0.0333. The summed E-state index contributed by atoms with van der Waals surface area (Å²) in [5.74, 6) is 1.62. The molecule has 1 saturated heterocycles. The van der Waals surface area contributed by atoms with E-state index in [4.69, 9.17) is 5.11 Å². The van der Waals surface area contributed by atoms with Gasteiger partial charge < -0.3 is 25.5 Å². The smallest absolute Gasteiger partial charge is 0.242 e. The van der Waals surface area contributed by atoms with Gasteiger partial charge in [-0.05, 0) is 32.4 Å². The number of hydrogen-bond donors (Lipinski definition) is 3. The highest BCUT2D eigenvalue weighted by atomic mass is 16.3. The zero-order valence-electron chi connectivity index (χ0n) is 14.2. The summed E-state index contributed by atoms with van der Waals surface area (Å²) in [6.45, 7) is 3.25. The molecule has 2 aliphatic rings. The normalized spacial score (nSPS) is 21.9. The molecule has 1 fully saturated rings. The molecule has 8 nitrogen and oxygen atoms in total. The van der Waals surface area contributed by atoms with Crippen molar-refractivity contribution in [1.29, 1.82) is 0 Å². The van der Waals surface area contributed by atoms with E-state index in [1.165, 1.54) is 6.33 Å². The fourth-order valence-electron chi connectivity index (χ4n) is 3.48. The number of hydrogen-bond acceptors (Lipinski definition) is 7. The second kappa shape index (κ2) is 7.76. The third-order valence-corrected chi connectivity index (χ3v) is 4.70. The summed E-state index contributed by atoms with van der Waals surface area (Å²) in [6, 6.07) is 0.248. The van der Waals surface area contributed by atoms with E-state index in [1.54, 1.807) is 0 Å². The average molecular weight is 334 g/mol. The standard InChI is InChI=1S/C16H26N6O2/c1-21-10-14(24)22(12-3-2-5-17-6-4-12)9-13-15(18-7-8-23)19-11-20-16(13)21/h11-12,17,23H,2-10H2,1H3,(H,18,19,20). The Hall–Kier alpha value is -1.93. The van der Waals surface area contributed by atoms with Crippen LogP contribution >= 0.6 is 0 Å². The van der Waals surface area contributed by atoms with Gasteiger partial charge in [0.05, 0.1) is 25.3 Å². The number of carbonyl (C=O) groups is 1. The minimum atomic E-state index is 0.0333. The molecule has 1 aromatic rings.